The van der Waals surface area contributed by atoms with Crippen molar-refractivity contribution in [2.75, 3.05) is 13.2 Å². The van der Waals surface area contributed by atoms with Gasteiger partial charge in [0.05, 0.1) is 0 Å². The van der Waals surface area contributed by atoms with E-state index >= 15 is 0 Å². The van der Waals surface area contributed by atoms with Crippen LogP contribution in [0.15, 0.2) is 18.2 Å². The fourth-order valence-electron chi connectivity index (χ4n) is 3.56. The van der Waals surface area contributed by atoms with Crippen molar-refractivity contribution < 1.29 is 9.84 Å². The molecule has 1 heterocycles. The number of hydrogen-bond donors (Lipinski definition) is 1. The molecule has 0 saturated carbocycles. The van der Waals surface area contributed by atoms with Crippen molar-refractivity contribution in [2.24, 2.45) is 0 Å². The van der Waals surface area contributed by atoms with E-state index in [0.717, 1.165) is 5.75 Å². The van der Waals surface area contributed by atoms with E-state index < -0.39 is 6.10 Å². The SMILES string of the molecule is Cc1ccc(C(C)C)c(OC[C@H](O)CN2[C@H](C)CCC[C@H]2C)c1. The summed E-state index contributed by atoms with van der Waals surface area (Å²) < 4.78 is 5.98. The molecule has 0 aromatic heterocycles. The Morgan fingerprint density at radius 3 is 2.48 bits per heavy atom. The van der Waals surface area contributed by atoms with Gasteiger partial charge in [-0.2, -0.15) is 0 Å². The molecule has 0 unspecified atom stereocenters. The second kappa shape index (κ2) is 8.16. The highest BCUT2D eigenvalue weighted by Crippen LogP contribution is 2.28. The molecule has 0 bridgehead atoms. The zero-order chi connectivity index (χ0) is 17.0. The van der Waals surface area contributed by atoms with Crippen LogP contribution in [0.1, 0.15) is 64.0 Å². The number of rotatable bonds is 6. The van der Waals surface area contributed by atoms with E-state index in [0.29, 0.717) is 31.2 Å². The van der Waals surface area contributed by atoms with Crippen LogP contribution in [0.4, 0.5) is 0 Å². The molecule has 2 rings (SSSR count). The molecule has 3 nitrogen and oxygen atoms in total. The lowest BCUT2D eigenvalue weighted by Gasteiger charge is -2.40. The smallest absolute Gasteiger partial charge is 0.123 e. The van der Waals surface area contributed by atoms with Crippen molar-refractivity contribution in [1.82, 2.24) is 4.90 Å². The molecule has 3 heteroatoms. The van der Waals surface area contributed by atoms with Gasteiger partial charge in [0.2, 0.25) is 0 Å². The van der Waals surface area contributed by atoms with Crippen molar-refractivity contribution >= 4 is 0 Å². The standard InChI is InChI=1S/C20H33NO2/c1-14(2)19-10-9-15(3)11-20(19)23-13-18(22)12-21-16(4)7-6-8-17(21)5/h9-11,14,16-18,22H,6-8,12-13H2,1-5H3/t16-,17-,18-/m1/s1. The first-order chi connectivity index (χ1) is 10.9. The van der Waals surface area contributed by atoms with Gasteiger partial charge in [-0.1, -0.05) is 32.4 Å². The molecule has 1 saturated heterocycles. The number of β-amino-alcohol motifs (C(OH)–C–C–N with tert-alkyl or cyclic N) is 1. The molecule has 1 N–H and O–H groups in total. The summed E-state index contributed by atoms with van der Waals surface area (Å²) in [7, 11) is 0. The summed E-state index contributed by atoms with van der Waals surface area (Å²) in [6, 6.07) is 7.44. The fourth-order valence-corrected chi connectivity index (χ4v) is 3.56. The topological polar surface area (TPSA) is 32.7 Å². The van der Waals surface area contributed by atoms with E-state index in [1.54, 1.807) is 0 Å². The monoisotopic (exact) mass is 319 g/mol. The minimum absolute atomic E-state index is 0.360. The second-order valence-electron chi connectivity index (χ2n) is 7.49. The summed E-state index contributed by atoms with van der Waals surface area (Å²) in [6.45, 7) is 12.0. The number of piperidine rings is 1. The van der Waals surface area contributed by atoms with Crippen LogP contribution in [0, 0.1) is 6.92 Å². The molecule has 1 aliphatic rings. The molecule has 0 spiro atoms. The Balaban J connectivity index is 1.94. The van der Waals surface area contributed by atoms with Gasteiger partial charge in [0.15, 0.2) is 0 Å². The fraction of sp³-hybridized carbons (Fsp3) is 0.700. The summed E-state index contributed by atoms with van der Waals surface area (Å²) in [5, 5.41) is 10.4. The van der Waals surface area contributed by atoms with Gasteiger partial charge in [-0.15, -0.1) is 0 Å². The maximum Gasteiger partial charge on any atom is 0.123 e. The van der Waals surface area contributed by atoms with Crippen LogP contribution in [0.5, 0.6) is 5.75 Å². The number of ether oxygens (including phenoxy) is 1. The normalized spacial score (nSPS) is 24.0. The van der Waals surface area contributed by atoms with Gasteiger partial charge in [0.25, 0.3) is 0 Å². The number of benzene rings is 1. The van der Waals surface area contributed by atoms with E-state index in [1.807, 2.05) is 0 Å². The summed E-state index contributed by atoms with van der Waals surface area (Å²) >= 11 is 0. The quantitative estimate of drug-likeness (QED) is 0.856. The van der Waals surface area contributed by atoms with Gasteiger partial charge in [-0.3, -0.25) is 4.90 Å². The average Bonchev–Trinajstić information content (AvgIpc) is 2.49. The number of aliphatic hydroxyl groups excluding tert-OH is 1. The Kier molecular flexibility index (Phi) is 6.49. The lowest BCUT2D eigenvalue weighted by molar-refractivity contribution is 0.0207. The van der Waals surface area contributed by atoms with Crippen LogP contribution in [-0.4, -0.2) is 41.3 Å². The Bertz CT molecular complexity index is 490. The predicted octanol–water partition coefficient (Wildman–Crippen LogP) is 4.12. The van der Waals surface area contributed by atoms with E-state index in [9.17, 15) is 5.11 Å². The van der Waals surface area contributed by atoms with E-state index in [-0.39, 0.29) is 0 Å². The molecular formula is C20H33NO2. The Morgan fingerprint density at radius 1 is 1.22 bits per heavy atom. The molecule has 0 amide bonds. The molecule has 130 valence electrons. The van der Waals surface area contributed by atoms with Crippen molar-refractivity contribution in [3.8, 4) is 5.75 Å². The first kappa shape index (κ1) is 18.3. The van der Waals surface area contributed by atoms with Gasteiger partial charge in [-0.25, -0.2) is 0 Å². The largest absolute Gasteiger partial charge is 0.491 e. The third-order valence-corrected chi connectivity index (χ3v) is 5.02. The molecule has 0 radical (unpaired) electrons. The zero-order valence-electron chi connectivity index (χ0n) is 15.4. The Labute approximate surface area is 141 Å². The van der Waals surface area contributed by atoms with Crippen LogP contribution in [0.3, 0.4) is 0 Å². The number of nitrogens with zero attached hydrogens (tertiary/aromatic N) is 1. The highest BCUT2D eigenvalue weighted by atomic mass is 16.5. The molecule has 1 fully saturated rings. The van der Waals surface area contributed by atoms with Gasteiger partial charge in [-0.05, 0) is 56.7 Å². The molecule has 1 aliphatic heterocycles. The van der Waals surface area contributed by atoms with Gasteiger partial charge < -0.3 is 9.84 Å². The number of aliphatic hydroxyl groups is 1. The number of likely N-dealkylation sites (tertiary alicyclic amines) is 1. The highest BCUT2D eigenvalue weighted by molar-refractivity contribution is 5.39. The maximum absolute atomic E-state index is 10.4. The van der Waals surface area contributed by atoms with Crippen LogP contribution in [0.2, 0.25) is 0 Å². The lowest BCUT2D eigenvalue weighted by Crippen LogP contribution is -2.48. The Morgan fingerprint density at radius 2 is 1.87 bits per heavy atom. The summed E-state index contributed by atoms with van der Waals surface area (Å²) in [6.07, 6.45) is 3.31. The summed E-state index contributed by atoms with van der Waals surface area (Å²) in [5.41, 5.74) is 2.40. The third-order valence-electron chi connectivity index (χ3n) is 5.02. The van der Waals surface area contributed by atoms with Crippen molar-refractivity contribution in [2.45, 2.75) is 78.0 Å². The summed E-state index contributed by atoms with van der Waals surface area (Å²) in [4.78, 5) is 2.43. The molecular weight excluding hydrogens is 286 g/mol. The van der Waals surface area contributed by atoms with Crippen LogP contribution in [-0.2, 0) is 0 Å². The predicted molar refractivity (Wildman–Crippen MR) is 96.3 cm³/mol. The van der Waals surface area contributed by atoms with Crippen LogP contribution < -0.4 is 4.74 Å². The van der Waals surface area contributed by atoms with E-state index in [2.05, 4.69) is 57.7 Å². The van der Waals surface area contributed by atoms with Gasteiger partial charge in [0.1, 0.15) is 18.5 Å². The van der Waals surface area contributed by atoms with Gasteiger partial charge in [0, 0.05) is 18.6 Å². The Hall–Kier alpha value is -1.06. The molecule has 1 aromatic carbocycles. The minimum atomic E-state index is -0.446. The highest BCUT2D eigenvalue weighted by Gasteiger charge is 2.26. The number of aryl methyl sites for hydroxylation is 1. The van der Waals surface area contributed by atoms with Crippen molar-refractivity contribution in [1.29, 1.82) is 0 Å². The first-order valence-corrected chi connectivity index (χ1v) is 9.05. The molecule has 1 aromatic rings. The maximum atomic E-state index is 10.4. The minimum Gasteiger partial charge on any atom is -0.491 e. The zero-order valence-corrected chi connectivity index (χ0v) is 15.4. The van der Waals surface area contributed by atoms with E-state index in [4.69, 9.17) is 4.74 Å². The van der Waals surface area contributed by atoms with E-state index in [1.165, 1.54) is 30.4 Å². The lowest BCUT2D eigenvalue weighted by atomic mass is 9.97. The number of hydrogen-bond acceptors (Lipinski definition) is 3. The molecule has 3 atom stereocenters. The molecule has 0 aliphatic carbocycles. The second-order valence-corrected chi connectivity index (χ2v) is 7.49. The third kappa shape index (κ3) is 4.95. The van der Waals surface area contributed by atoms with Crippen LogP contribution in [0.25, 0.3) is 0 Å². The molecule has 23 heavy (non-hydrogen) atoms. The van der Waals surface area contributed by atoms with Crippen molar-refractivity contribution in [3.05, 3.63) is 29.3 Å². The summed E-state index contributed by atoms with van der Waals surface area (Å²) in [5.74, 6) is 1.34. The van der Waals surface area contributed by atoms with Gasteiger partial charge >= 0.3 is 0 Å². The van der Waals surface area contributed by atoms with Crippen LogP contribution >= 0.6 is 0 Å². The first-order valence-electron chi connectivity index (χ1n) is 9.05. The average molecular weight is 319 g/mol. The van der Waals surface area contributed by atoms with Crippen molar-refractivity contribution in [3.63, 3.8) is 0 Å².